The summed E-state index contributed by atoms with van der Waals surface area (Å²) in [6.07, 6.45) is 1.52. The Morgan fingerprint density at radius 1 is 0.857 bits per heavy atom. The molecule has 0 radical (unpaired) electrons. The summed E-state index contributed by atoms with van der Waals surface area (Å²) in [7, 11) is 0. The maximum atomic E-state index is 12.4. The van der Waals surface area contributed by atoms with Gasteiger partial charge in [-0.25, -0.2) is 5.43 Å². The Bertz CT molecular complexity index is 1160. The van der Waals surface area contributed by atoms with Gasteiger partial charge < -0.3 is 19.5 Å². The molecule has 8 heteroatoms. The Labute approximate surface area is 204 Å². The number of carbonyl (C=O) groups excluding carboxylic acids is 2. The van der Waals surface area contributed by atoms with E-state index in [1.54, 1.807) is 42.5 Å². The summed E-state index contributed by atoms with van der Waals surface area (Å²) in [6.45, 7) is 6.58. The predicted molar refractivity (Wildman–Crippen MR) is 136 cm³/mol. The topological polar surface area (TPSA) is 98.3 Å². The van der Waals surface area contributed by atoms with E-state index in [2.05, 4.69) is 15.8 Å². The van der Waals surface area contributed by atoms with Crippen molar-refractivity contribution < 1.29 is 23.8 Å². The maximum Gasteiger partial charge on any atom is 0.271 e. The molecule has 35 heavy (non-hydrogen) atoms. The summed E-state index contributed by atoms with van der Waals surface area (Å²) in [5, 5.41) is 6.79. The van der Waals surface area contributed by atoms with Gasteiger partial charge in [-0.2, -0.15) is 5.10 Å². The number of rotatable bonds is 11. The lowest BCUT2D eigenvalue weighted by Crippen LogP contribution is -2.20. The van der Waals surface area contributed by atoms with Crippen LogP contribution in [-0.4, -0.2) is 37.8 Å². The quantitative estimate of drug-likeness (QED) is 0.313. The zero-order valence-corrected chi connectivity index (χ0v) is 20.0. The van der Waals surface area contributed by atoms with Crippen molar-refractivity contribution in [1.82, 2.24) is 5.43 Å². The number of nitrogens with zero attached hydrogens (tertiary/aromatic N) is 1. The molecule has 2 N–H and O–H groups in total. The number of benzene rings is 3. The zero-order chi connectivity index (χ0) is 25.0. The van der Waals surface area contributed by atoms with Crippen LogP contribution in [0.4, 0.5) is 5.69 Å². The highest BCUT2D eigenvalue weighted by atomic mass is 16.5. The molecule has 2 amide bonds. The van der Waals surface area contributed by atoms with Gasteiger partial charge in [-0.1, -0.05) is 17.7 Å². The molecular formula is C27H29N3O5. The molecule has 8 nitrogen and oxygen atoms in total. The van der Waals surface area contributed by atoms with E-state index >= 15 is 0 Å². The van der Waals surface area contributed by atoms with Gasteiger partial charge in [0.05, 0.1) is 19.4 Å². The molecular weight excluding hydrogens is 446 g/mol. The van der Waals surface area contributed by atoms with Crippen LogP contribution in [0.2, 0.25) is 0 Å². The minimum absolute atomic E-state index is 0.108. The predicted octanol–water partition coefficient (Wildman–Crippen LogP) is 4.57. The summed E-state index contributed by atoms with van der Waals surface area (Å²) in [5.41, 5.74) is 5.50. The molecule has 0 aromatic heterocycles. The van der Waals surface area contributed by atoms with Crippen LogP contribution >= 0.6 is 0 Å². The number of hydrogen-bond acceptors (Lipinski definition) is 6. The maximum absolute atomic E-state index is 12.4. The molecule has 3 rings (SSSR count). The first-order valence-corrected chi connectivity index (χ1v) is 11.3. The smallest absolute Gasteiger partial charge is 0.271 e. The van der Waals surface area contributed by atoms with Crippen molar-refractivity contribution in [3.63, 3.8) is 0 Å². The summed E-state index contributed by atoms with van der Waals surface area (Å²) >= 11 is 0. The Morgan fingerprint density at radius 2 is 1.54 bits per heavy atom. The van der Waals surface area contributed by atoms with Gasteiger partial charge in [-0.05, 0) is 80.9 Å². The molecule has 0 saturated carbocycles. The Hall–Kier alpha value is -4.33. The van der Waals surface area contributed by atoms with Crippen LogP contribution in [-0.2, 0) is 4.79 Å². The van der Waals surface area contributed by atoms with E-state index in [1.165, 1.54) is 6.21 Å². The van der Waals surface area contributed by atoms with E-state index in [4.69, 9.17) is 14.2 Å². The number of ether oxygens (including phenoxy) is 3. The lowest BCUT2D eigenvalue weighted by atomic mass is 10.2. The summed E-state index contributed by atoms with van der Waals surface area (Å²) < 4.78 is 16.6. The second-order valence-corrected chi connectivity index (χ2v) is 7.50. The molecule has 0 fully saturated rings. The highest BCUT2D eigenvalue weighted by Crippen LogP contribution is 2.28. The molecule has 0 aliphatic carbocycles. The van der Waals surface area contributed by atoms with Gasteiger partial charge in [0.2, 0.25) is 0 Å². The third-order valence-electron chi connectivity index (χ3n) is 4.77. The van der Waals surface area contributed by atoms with Crippen LogP contribution in [0.1, 0.15) is 35.3 Å². The number of nitrogens with one attached hydrogen (secondary N) is 2. The number of hydrazone groups is 1. The number of hydrogen-bond donors (Lipinski definition) is 2. The summed E-state index contributed by atoms with van der Waals surface area (Å²) in [4.78, 5) is 24.5. The molecule has 0 aliphatic rings. The van der Waals surface area contributed by atoms with Crippen molar-refractivity contribution in [3.8, 4) is 17.2 Å². The lowest BCUT2D eigenvalue weighted by Gasteiger charge is -2.11. The minimum Gasteiger partial charge on any atom is -0.490 e. The fourth-order valence-corrected chi connectivity index (χ4v) is 3.06. The third-order valence-corrected chi connectivity index (χ3v) is 4.77. The van der Waals surface area contributed by atoms with Crippen LogP contribution in [0, 0.1) is 6.92 Å². The molecule has 0 saturated heterocycles. The van der Waals surface area contributed by atoms with Gasteiger partial charge in [0.25, 0.3) is 11.8 Å². The second-order valence-electron chi connectivity index (χ2n) is 7.50. The average Bonchev–Trinajstić information content (AvgIpc) is 2.86. The fraction of sp³-hybridized carbons (Fsp3) is 0.222. The second kappa shape index (κ2) is 12.8. The Kier molecular flexibility index (Phi) is 9.24. The van der Waals surface area contributed by atoms with Crippen molar-refractivity contribution in [2.24, 2.45) is 5.10 Å². The normalized spacial score (nSPS) is 10.6. The molecule has 0 unspecified atom stereocenters. The molecule has 0 atom stereocenters. The number of amides is 2. The highest BCUT2D eigenvalue weighted by Gasteiger charge is 2.11. The van der Waals surface area contributed by atoms with Gasteiger partial charge in [0, 0.05) is 11.3 Å². The SMILES string of the molecule is CCOc1ccc(C(=O)N/N=C/c2ccc(OCC(=O)Nc3ccc(C)cc3)cc2)cc1OCC. The standard InChI is InChI=1S/C27H29N3O5/c1-4-33-24-15-10-21(16-25(24)34-5-2)27(32)30-28-17-20-8-13-23(14-9-20)35-18-26(31)29-22-11-6-19(3)7-12-22/h6-17H,4-5,18H2,1-3H3,(H,29,31)(H,30,32)/b28-17+. The Morgan fingerprint density at radius 3 is 2.23 bits per heavy atom. The molecule has 0 heterocycles. The van der Waals surface area contributed by atoms with E-state index < -0.39 is 0 Å². The summed E-state index contributed by atoms with van der Waals surface area (Å²) in [6, 6.07) is 19.5. The Balaban J connectivity index is 1.49. The summed E-state index contributed by atoms with van der Waals surface area (Å²) in [5.74, 6) is 1.02. The van der Waals surface area contributed by atoms with Crippen LogP contribution in [0.25, 0.3) is 0 Å². The van der Waals surface area contributed by atoms with Gasteiger partial charge >= 0.3 is 0 Å². The average molecular weight is 476 g/mol. The monoisotopic (exact) mass is 475 g/mol. The van der Waals surface area contributed by atoms with Gasteiger partial charge in [-0.3, -0.25) is 9.59 Å². The fourth-order valence-electron chi connectivity index (χ4n) is 3.06. The molecule has 3 aromatic rings. The first kappa shape index (κ1) is 25.3. The van der Waals surface area contributed by atoms with E-state index in [9.17, 15) is 9.59 Å². The minimum atomic E-state index is -0.371. The van der Waals surface area contributed by atoms with Gasteiger partial charge in [-0.15, -0.1) is 0 Å². The number of carbonyl (C=O) groups is 2. The molecule has 3 aromatic carbocycles. The van der Waals surface area contributed by atoms with E-state index in [0.717, 1.165) is 16.8 Å². The van der Waals surface area contributed by atoms with Crippen molar-refractivity contribution in [2.45, 2.75) is 20.8 Å². The van der Waals surface area contributed by atoms with E-state index in [-0.39, 0.29) is 18.4 Å². The van der Waals surface area contributed by atoms with Crippen molar-refractivity contribution in [3.05, 3.63) is 83.4 Å². The van der Waals surface area contributed by atoms with Crippen molar-refractivity contribution >= 4 is 23.7 Å². The molecule has 0 aliphatic heterocycles. The molecule has 0 spiro atoms. The van der Waals surface area contributed by atoms with Crippen LogP contribution in [0.5, 0.6) is 17.2 Å². The highest BCUT2D eigenvalue weighted by molar-refractivity contribution is 5.95. The first-order valence-electron chi connectivity index (χ1n) is 11.3. The lowest BCUT2D eigenvalue weighted by molar-refractivity contribution is -0.118. The van der Waals surface area contributed by atoms with Crippen LogP contribution in [0.3, 0.4) is 0 Å². The van der Waals surface area contributed by atoms with Crippen molar-refractivity contribution in [2.75, 3.05) is 25.1 Å². The number of aryl methyl sites for hydroxylation is 1. The molecule has 182 valence electrons. The molecule has 0 bridgehead atoms. The van der Waals surface area contributed by atoms with Crippen LogP contribution in [0.15, 0.2) is 71.8 Å². The number of anilines is 1. The largest absolute Gasteiger partial charge is 0.490 e. The van der Waals surface area contributed by atoms with Gasteiger partial charge in [0.15, 0.2) is 18.1 Å². The van der Waals surface area contributed by atoms with Crippen molar-refractivity contribution in [1.29, 1.82) is 0 Å². The third kappa shape index (κ3) is 7.89. The van der Waals surface area contributed by atoms with Gasteiger partial charge in [0.1, 0.15) is 5.75 Å². The van der Waals surface area contributed by atoms with Crippen LogP contribution < -0.4 is 25.0 Å². The van der Waals surface area contributed by atoms with E-state index in [1.807, 2.05) is 45.0 Å². The zero-order valence-electron chi connectivity index (χ0n) is 20.0. The van der Waals surface area contributed by atoms with E-state index in [0.29, 0.717) is 36.0 Å². The first-order chi connectivity index (χ1) is 17.0.